The highest BCUT2D eigenvalue weighted by Crippen LogP contribution is 2.44. The Morgan fingerprint density at radius 3 is 1.95 bits per heavy atom. The standard InChI is InChI=1S/C14H14O7/c15-5-1-2-6(16)10-9(5)11(18)4-3-7(17)12(19)14(21)8(4)13(10)20/h1-2,4,7-8,12,14-17,19,21H,3H2/t4?,7-,8?,12-,14+/m0/s1. The van der Waals surface area contributed by atoms with Crippen LogP contribution >= 0.6 is 0 Å². The lowest BCUT2D eigenvalue weighted by molar-refractivity contribution is -0.114. The number of ketones is 2. The van der Waals surface area contributed by atoms with Crippen LogP contribution in [0.2, 0.25) is 0 Å². The van der Waals surface area contributed by atoms with E-state index in [4.69, 9.17) is 0 Å². The maximum absolute atomic E-state index is 12.5. The van der Waals surface area contributed by atoms with Gasteiger partial charge < -0.3 is 25.5 Å². The van der Waals surface area contributed by atoms with E-state index in [1.807, 2.05) is 0 Å². The Kier molecular flexibility index (Phi) is 3.01. The first-order valence-corrected chi connectivity index (χ1v) is 6.52. The van der Waals surface area contributed by atoms with Crippen molar-refractivity contribution >= 4 is 11.6 Å². The Hall–Kier alpha value is -1.96. The number of hydrogen-bond acceptors (Lipinski definition) is 7. The molecule has 1 saturated carbocycles. The lowest BCUT2D eigenvalue weighted by Crippen LogP contribution is -2.56. The molecule has 1 fully saturated rings. The summed E-state index contributed by atoms with van der Waals surface area (Å²) in [6, 6.07) is 2.18. The number of Topliss-reactive ketones (excluding diaryl/α,β-unsaturated/α-hetero) is 2. The maximum atomic E-state index is 12.5. The molecule has 112 valence electrons. The molecule has 7 heteroatoms. The van der Waals surface area contributed by atoms with Crippen molar-refractivity contribution in [3.05, 3.63) is 23.3 Å². The minimum Gasteiger partial charge on any atom is -0.507 e. The first-order valence-electron chi connectivity index (χ1n) is 6.52. The molecule has 0 heterocycles. The lowest BCUT2D eigenvalue weighted by atomic mass is 9.64. The van der Waals surface area contributed by atoms with Crippen molar-refractivity contribution in [2.24, 2.45) is 11.8 Å². The minimum absolute atomic E-state index is 0.192. The van der Waals surface area contributed by atoms with Gasteiger partial charge in [0.2, 0.25) is 0 Å². The van der Waals surface area contributed by atoms with E-state index in [1.54, 1.807) is 0 Å². The van der Waals surface area contributed by atoms with Crippen LogP contribution in [0.15, 0.2) is 12.1 Å². The molecule has 7 nitrogen and oxygen atoms in total. The fourth-order valence-electron chi connectivity index (χ4n) is 3.26. The van der Waals surface area contributed by atoms with Gasteiger partial charge >= 0.3 is 0 Å². The topological polar surface area (TPSA) is 135 Å². The van der Waals surface area contributed by atoms with Crippen molar-refractivity contribution in [1.29, 1.82) is 0 Å². The number of phenols is 2. The third kappa shape index (κ3) is 1.78. The summed E-state index contributed by atoms with van der Waals surface area (Å²) in [5, 5.41) is 48.9. The fourth-order valence-corrected chi connectivity index (χ4v) is 3.26. The predicted molar refractivity (Wildman–Crippen MR) is 68.1 cm³/mol. The van der Waals surface area contributed by atoms with E-state index in [1.165, 1.54) is 0 Å². The number of carbonyl (C=O) groups is 2. The van der Waals surface area contributed by atoms with Gasteiger partial charge in [-0.05, 0) is 18.6 Å². The highest BCUT2D eigenvalue weighted by Gasteiger charge is 2.53. The number of hydrogen-bond donors (Lipinski definition) is 5. The summed E-state index contributed by atoms with van der Waals surface area (Å²) in [4.78, 5) is 24.9. The van der Waals surface area contributed by atoms with Gasteiger partial charge in [-0.3, -0.25) is 9.59 Å². The van der Waals surface area contributed by atoms with Gasteiger partial charge in [-0.15, -0.1) is 0 Å². The van der Waals surface area contributed by atoms with Gasteiger partial charge in [0, 0.05) is 5.92 Å². The van der Waals surface area contributed by atoms with Crippen molar-refractivity contribution in [3.63, 3.8) is 0 Å². The Morgan fingerprint density at radius 1 is 0.857 bits per heavy atom. The number of benzene rings is 1. The molecule has 1 aromatic rings. The van der Waals surface area contributed by atoms with Crippen LogP contribution in [0.25, 0.3) is 0 Å². The molecule has 0 radical (unpaired) electrons. The van der Waals surface area contributed by atoms with Gasteiger partial charge in [-0.1, -0.05) is 0 Å². The van der Waals surface area contributed by atoms with E-state index in [0.717, 1.165) is 12.1 Å². The molecule has 1 aromatic carbocycles. The van der Waals surface area contributed by atoms with Gasteiger partial charge in [0.1, 0.15) is 17.6 Å². The first kappa shape index (κ1) is 14.0. The highest BCUT2D eigenvalue weighted by atomic mass is 16.4. The Labute approximate surface area is 119 Å². The predicted octanol–water partition coefficient (Wildman–Crippen LogP) is -0.804. The van der Waals surface area contributed by atoms with E-state index in [9.17, 15) is 35.1 Å². The van der Waals surface area contributed by atoms with Crippen LogP contribution in [-0.2, 0) is 0 Å². The third-order valence-electron chi connectivity index (χ3n) is 4.33. The highest BCUT2D eigenvalue weighted by molar-refractivity contribution is 6.19. The molecule has 2 aliphatic rings. The number of carbonyl (C=O) groups excluding carboxylic acids is 2. The van der Waals surface area contributed by atoms with Crippen molar-refractivity contribution in [3.8, 4) is 11.5 Å². The minimum atomic E-state index is -1.61. The largest absolute Gasteiger partial charge is 0.507 e. The SMILES string of the molecule is O=C1c2c(O)ccc(O)c2C(=O)C2C1C[C@H](O)[C@H](O)[C@@H]2O. The molecule has 0 amide bonds. The first-order chi connectivity index (χ1) is 9.84. The Morgan fingerprint density at radius 2 is 1.38 bits per heavy atom. The summed E-state index contributed by atoms with van der Waals surface area (Å²) in [6.45, 7) is 0. The molecule has 0 bridgehead atoms. The molecule has 2 aliphatic carbocycles. The second-order valence-electron chi connectivity index (χ2n) is 5.50. The number of aromatic hydroxyl groups is 2. The van der Waals surface area contributed by atoms with E-state index in [0.29, 0.717) is 0 Å². The van der Waals surface area contributed by atoms with Crippen LogP contribution in [0.1, 0.15) is 27.1 Å². The lowest BCUT2D eigenvalue weighted by Gasteiger charge is -2.42. The summed E-state index contributed by atoms with van der Waals surface area (Å²) in [5.41, 5.74) is -0.638. The van der Waals surface area contributed by atoms with Crippen molar-refractivity contribution in [2.75, 3.05) is 0 Å². The molecule has 0 saturated heterocycles. The van der Waals surface area contributed by atoms with Crippen LogP contribution < -0.4 is 0 Å². The Bertz CT molecular complexity index is 638. The van der Waals surface area contributed by atoms with Crippen LogP contribution in [0.4, 0.5) is 0 Å². The quantitative estimate of drug-likeness (QED) is 0.395. The molecule has 2 unspecified atom stereocenters. The van der Waals surface area contributed by atoms with Crippen molar-refractivity contribution in [2.45, 2.75) is 24.7 Å². The second kappa shape index (κ2) is 4.52. The molecule has 21 heavy (non-hydrogen) atoms. The molecule has 5 atom stereocenters. The second-order valence-corrected chi connectivity index (χ2v) is 5.50. The summed E-state index contributed by atoms with van der Waals surface area (Å²) >= 11 is 0. The molecular formula is C14H14O7. The van der Waals surface area contributed by atoms with E-state index >= 15 is 0 Å². The molecule has 3 rings (SSSR count). The third-order valence-corrected chi connectivity index (χ3v) is 4.33. The average molecular weight is 294 g/mol. The van der Waals surface area contributed by atoms with Gasteiger partial charge in [-0.2, -0.15) is 0 Å². The maximum Gasteiger partial charge on any atom is 0.173 e. The van der Waals surface area contributed by atoms with Gasteiger partial charge in [-0.25, -0.2) is 0 Å². The summed E-state index contributed by atoms with van der Waals surface area (Å²) in [6.07, 6.45) is -4.67. The monoisotopic (exact) mass is 294 g/mol. The molecule has 0 spiro atoms. The summed E-state index contributed by atoms with van der Waals surface area (Å²) < 4.78 is 0. The molecule has 0 aliphatic heterocycles. The zero-order valence-corrected chi connectivity index (χ0v) is 10.8. The number of phenolic OH excluding ortho intramolecular Hbond substituents is 2. The normalized spacial score (nSPS) is 35.3. The zero-order valence-electron chi connectivity index (χ0n) is 10.8. The van der Waals surface area contributed by atoms with Crippen LogP contribution in [0.5, 0.6) is 11.5 Å². The Balaban J connectivity index is 2.20. The van der Waals surface area contributed by atoms with Gasteiger partial charge in [0.15, 0.2) is 11.6 Å². The zero-order chi connectivity index (χ0) is 15.5. The molecule has 0 aromatic heterocycles. The van der Waals surface area contributed by atoms with Crippen LogP contribution in [0, 0.1) is 11.8 Å². The number of rotatable bonds is 0. The number of aliphatic hydroxyl groups excluding tert-OH is 3. The fraction of sp³-hybridized carbons (Fsp3) is 0.429. The number of aliphatic hydroxyl groups is 3. The van der Waals surface area contributed by atoms with E-state index in [-0.39, 0.29) is 17.5 Å². The smallest absolute Gasteiger partial charge is 0.173 e. The number of fused-ring (bicyclic) bond motifs is 2. The van der Waals surface area contributed by atoms with Gasteiger partial charge in [0.05, 0.1) is 29.3 Å². The van der Waals surface area contributed by atoms with E-state index in [2.05, 4.69) is 0 Å². The van der Waals surface area contributed by atoms with Crippen LogP contribution in [0.3, 0.4) is 0 Å². The molecule has 5 N–H and O–H groups in total. The summed E-state index contributed by atoms with van der Waals surface area (Å²) in [5.74, 6) is -4.53. The van der Waals surface area contributed by atoms with Crippen molar-refractivity contribution in [1.82, 2.24) is 0 Å². The van der Waals surface area contributed by atoms with Crippen molar-refractivity contribution < 1.29 is 35.1 Å². The molecular weight excluding hydrogens is 280 g/mol. The average Bonchev–Trinajstić information content (AvgIpc) is 2.44. The van der Waals surface area contributed by atoms with E-state index < -0.39 is 53.2 Å². The van der Waals surface area contributed by atoms with Crippen LogP contribution in [-0.4, -0.2) is 55.4 Å². The van der Waals surface area contributed by atoms with Gasteiger partial charge in [0.25, 0.3) is 0 Å². The summed E-state index contributed by atoms with van der Waals surface area (Å²) in [7, 11) is 0.